The van der Waals surface area contributed by atoms with E-state index in [-0.39, 0.29) is 6.10 Å². The van der Waals surface area contributed by atoms with Crippen molar-refractivity contribution in [1.29, 1.82) is 0 Å². The van der Waals surface area contributed by atoms with Crippen molar-refractivity contribution in [3.8, 4) is 0 Å². The fourth-order valence-electron chi connectivity index (χ4n) is 2.24. The molecule has 2 aliphatic heterocycles. The molecule has 0 aliphatic carbocycles. The van der Waals surface area contributed by atoms with Crippen LogP contribution in [0.3, 0.4) is 0 Å². The van der Waals surface area contributed by atoms with E-state index in [1.54, 1.807) is 6.33 Å². The van der Waals surface area contributed by atoms with E-state index in [1.165, 1.54) is 12.8 Å². The van der Waals surface area contributed by atoms with Crippen LogP contribution in [0.5, 0.6) is 0 Å². The number of fused-ring (bicyclic) bond motifs is 1. The molecule has 90 valence electrons. The maximum absolute atomic E-state index is 5.59. The van der Waals surface area contributed by atoms with Gasteiger partial charge in [-0.25, -0.2) is 9.97 Å². The molecule has 3 rings (SSSR count). The number of aromatic nitrogens is 2. The van der Waals surface area contributed by atoms with Crippen LogP contribution in [-0.4, -0.2) is 35.4 Å². The Morgan fingerprint density at radius 3 is 2.94 bits per heavy atom. The summed E-state index contributed by atoms with van der Waals surface area (Å²) in [7, 11) is 0. The lowest BCUT2D eigenvalue weighted by Crippen LogP contribution is -2.19. The summed E-state index contributed by atoms with van der Waals surface area (Å²) in [4.78, 5) is 15.4. The maximum Gasteiger partial charge on any atom is 0.158 e. The van der Waals surface area contributed by atoms with Crippen molar-refractivity contribution in [3.63, 3.8) is 0 Å². The normalized spacial score (nSPS) is 23.6. The molecule has 0 N–H and O–H groups in total. The van der Waals surface area contributed by atoms with Crippen molar-refractivity contribution in [1.82, 2.24) is 9.97 Å². The molecule has 2 aliphatic rings. The summed E-state index contributed by atoms with van der Waals surface area (Å²) in [6.07, 6.45) is 5.94. The van der Waals surface area contributed by atoms with Crippen LogP contribution in [0.4, 0.5) is 11.5 Å². The molecule has 1 unspecified atom stereocenters. The molecular weight excluding hydrogens is 216 g/mol. The number of aliphatic imine (C=N–C) groups is 1. The number of rotatable bonds is 1. The van der Waals surface area contributed by atoms with Crippen LogP contribution in [0.25, 0.3) is 0 Å². The fraction of sp³-hybridized carbons (Fsp3) is 0.583. The van der Waals surface area contributed by atoms with Gasteiger partial charge in [-0.05, 0) is 19.8 Å². The third-order valence-corrected chi connectivity index (χ3v) is 3.18. The van der Waals surface area contributed by atoms with Crippen LogP contribution in [0, 0.1) is 0 Å². The van der Waals surface area contributed by atoms with Gasteiger partial charge in [0, 0.05) is 19.3 Å². The van der Waals surface area contributed by atoms with E-state index in [2.05, 4.69) is 19.9 Å². The molecule has 0 radical (unpaired) electrons. The van der Waals surface area contributed by atoms with Gasteiger partial charge < -0.3 is 9.64 Å². The monoisotopic (exact) mass is 232 g/mol. The predicted octanol–water partition coefficient (Wildman–Crippen LogP) is 1.70. The average Bonchev–Trinajstić information content (AvgIpc) is 2.81. The SMILES string of the molecule is CC1C=Nc2c(ncnc2N2CCCC2)CO1. The summed E-state index contributed by atoms with van der Waals surface area (Å²) in [6.45, 7) is 4.63. The van der Waals surface area contributed by atoms with Gasteiger partial charge in [0.05, 0.1) is 18.4 Å². The molecule has 0 amide bonds. The van der Waals surface area contributed by atoms with Gasteiger partial charge in [0.2, 0.25) is 0 Å². The van der Waals surface area contributed by atoms with Gasteiger partial charge in [-0.2, -0.15) is 0 Å². The Hall–Kier alpha value is -1.49. The summed E-state index contributed by atoms with van der Waals surface area (Å²) in [5, 5.41) is 0. The molecular formula is C12H16N4O. The second kappa shape index (κ2) is 4.41. The number of nitrogens with zero attached hydrogens (tertiary/aromatic N) is 4. The lowest BCUT2D eigenvalue weighted by atomic mass is 10.3. The van der Waals surface area contributed by atoms with Crippen LogP contribution in [-0.2, 0) is 11.3 Å². The molecule has 5 nitrogen and oxygen atoms in total. The van der Waals surface area contributed by atoms with Crippen molar-refractivity contribution in [2.45, 2.75) is 32.5 Å². The smallest absolute Gasteiger partial charge is 0.158 e. The highest BCUT2D eigenvalue weighted by atomic mass is 16.5. The Morgan fingerprint density at radius 1 is 1.29 bits per heavy atom. The standard InChI is InChI=1S/C12H16N4O/c1-9-6-13-11-10(7-17-9)14-8-15-12(11)16-4-2-3-5-16/h6,8-9H,2-5,7H2,1H3. The number of hydrogen-bond acceptors (Lipinski definition) is 5. The minimum absolute atomic E-state index is 0.0376. The third-order valence-electron chi connectivity index (χ3n) is 3.18. The zero-order chi connectivity index (χ0) is 11.7. The molecule has 0 aromatic carbocycles. The van der Waals surface area contributed by atoms with E-state index in [4.69, 9.17) is 4.74 Å². The summed E-state index contributed by atoms with van der Waals surface area (Å²) in [6, 6.07) is 0. The summed E-state index contributed by atoms with van der Waals surface area (Å²) < 4.78 is 5.59. The van der Waals surface area contributed by atoms with Crippen molar-refractivity contribution in [2.75, 3.05) is 18.0 Å². The molecule has 1 fully saturated rings. The molecule has 0 saturated carbocycles. The molecule has 1 aromatic rings. The summed E-state index contributed by atoms with van der Waals surface area (Å²) >= 11 is 0. The second-order valence-corrected chi connectivity index (χ2v) is 4.48. The van der Waals surface area contributed by atoms with E-state index in [1.807, 2.05) is 13.1 Å². The van der Waals surface area contributed by atoms with Crippen molar-refractivity contribution < 1.29 is 4.74 Å². The Morgan fingerprint density at radius 2 is 2.12 bits per heavy atom. The van der Waals surface area contributed by atoms with E-state index >= 15 is 0 Å². The molecule has 1 aromatic heterocycles. The average molecular weight is 232 g/mol. The highest BCUT2D eigenvalue weighted by molar-refractivity contribution is 5.75. The van der Waals surface area contributed by atoms with Crippen LogP contribution in [0.2, 0.25) is 0 Å². The van der Waals surface area contributed by atoms with Gasteiger partial charge in [-0.1, -0.05) is 0 Å². The highest BCUT2D eigenvalue weighted by Gasteiger charge is 2.21. The molecule has 5 heteroatoms. The van der Waals surface area contributed by atoms with E-state index in [9.17, 15) is 0 Å². The lowest BCUT2D eigenvalue weighted by molar-refractivity contribution is 0.0987. The topological polar surface area (TPSA) is 50.6 Å². The molecule has 0 spiro atoms. The maximum atomic E-state index is 5.59. The zero-order valence-electron chi connectivity index (χ0n) is 9.96. The first-order chi connectivity index (χ1) is 8.34. The van der Waals surface area contributed by atoms with E-state index in [0.29, 0.717) is 6.61 Å². The van der Waals surface area contributed by atoms with Crippen LogP contribution < -0.4 is 4.90 Å². The van der Waals surface area contributed by atoms with E-state index < -0.39 is 0 Å². The lowest BCUT2D eigenvalue weighted by Gasteiger charge is -2.18. The third kappa shape index (κ3) is 2.02. The quantitative estimate of drug-likeness (QED) is 0.739. The number of hydrogen-bond donors (Lipinski definition) is 0. The summed E-state index contributed by atoms with van der Waals surface area (Å²) in [5.41, 5.74) is 1.78. The van der Waals surface area contributed by atoms with Gasteiger partial charge in [-0.15, -0.1) is 0 Å². The number of anilines is 1. The molecule has 3 heterocycles. The second-order valence-electron chi connectivity index (χ2n) is 4.48. The van der Waals surface area contributed by atoms with Gasteiger partial charge >= 0.3 is 0 Å². The van der Waals surface area contributed by atoms with Crippen LogP contribution >= 0.6 is 0 Å². The van der Waals surface area contributed by atoms with Gasteiger partial charge in [0.25, 0.3) is 0 Å². The predicted molar refractivity (Wildman–Crippen MR) is 65.9 cm³/mol. The Bertz CT molecular complexity index is 440. The van der Waals surface area contributed by atoms with Crippen LogP contribution in [0.1, 0.15) is 25.5 Å². The molecule has 1 saturated heterocycles. The molecule has 0 bridgehead atoms. The highest BCUT2D eigenvalue weighted by Crippen LogP contribution is 2.32. The van der Waals surface area contributed by atoms with Crippen molar-refractivity contribution >= 4 is 17.7 Å². The Kier molecular flexibility index (Phi) is 2.76. The zero-order valence-corrected chi connectivity index (χ0v) is 9.96. The van der Waals surface area contributed by atoms with Crippen molar-refractivity contribution in [3.05, 3.63) is 12.0 Å². The Labute approximate surface area is 101 Å². The van der Waals surface area contributed by atoms with Crippen molar-refractivity contribution in [2.24, 2.45) is 4.99 Å². The largest absolute Gasteiger partial charge is 0.366 e. The first-order valence-corrected chi connectivity index (χ1v) is 6.09. The first-order valence-electron chi connectivity index (χ1n) is 6.09. The molecule has 17 heavy (non-hydrogen) atoms. The molecule has 1 atom stereocenters. The fourth-order valence-corrected chi connectivity index (χ4v) is 2.24. The van der Waals surface area contributed by atoms with Crippen LogP contribution in [0.15, 0.2) is 11.3 Å². The first kappa shape index (κ1) is 10.7. The van der Waals surface area contributed by atoms with E-state index in [0.717, 1.165) is 30.3 Å². The summed E-state index contributed by atoms with van der Waals surface area (Å²) in [5.74, 6) is 0.960. The number of ether oxygens (including phenoxy) is 1. The minimum atomic E-state index is 0.0376. The Balaban J connectivity index is 2.01. The minimum Gasteiger partial charge on any atom is -0.366 e. The van der Waals surface area contributed by atoms with Gasteiger partial charge in [0.15, 0.2) is 5.82 Å². The van der Waals surface area contributed by atoms with Gasteiger partial charge in [0.1, 0.15) is 12.0 Å². The van der Waals surface area contributed by atoms with Gasteiger partial charge in [-0.3, -0.25) is 4.99 Å².